The number of rotatable bonds is 7. The molecule has 0 bridgehead atoms. The van der Waals surface area contributed by atoms with Gasteiger partial charge in [0, 0.05) is 6.61 Å². The van der Waals surface area contributed by atoms with Gasteiger partial charge < -0.3 is 4.74 Å². The molecule has 1 heterocycles. The summed E-state index contributed by atoms with van der Waals surface area (Å²) in [5, 5.41) is 0. The summed E-state index contributed by atoms with van der Waals surface area (Å²) in [5.41, 5.74) is 0. The van der Waals surface area contributed by atoms with Crippen molar-refractivity contribution in [1.29, 1.82) is 0 Å². The van der Waals surface area contributed by atoms with E-state index < -0.39 is 0 Å². The first-order chi connectivity index (χ1) is 7.29. The number of hydrogen-bond donors (Lipinski definition) is 0. The lowest BCUT2D eigenvalue weighted by Crippen LogP contribution is -2.18. The molecule has 90 valence electrons. The molecule has 1 rings (SSSR count). The monoisotopic (exact) mass is 212 g/mol. The van der Waals surface area contributed by atoms with Gasteiger partial charge in [-0.05, 0) is 31.6 Å². The summed E-state index contributed by atoms with van der Waals surface area (Å²) in [6.07, 6.45) is 12.9. The van der Waals surface area contributed by atoms with Crippen molar-refractivity contribution in [1.82, 2.24) is 0 Å². The SMILES string of the molecule is CC(C)CCCCCCC1CCCCO1. The lowest BCUT2D eigenvalue weighted by atomic mass is 10.0. The lowest BCUT2D eigenvalue weighted by molar-refractivity contribution is 0.00976. The third kappa shape index (κ3) is 6.94. The van der Waals surface area contributed by atoms with Crippen molar-refractivity contribution in [2.45, 2.75) is 77.7 Å². The minimum absolute atomic E-state index is 0.601. The summed E-state index contributed by atoms with van der Waals surface area (Å²) in [4.78, 5) is 0. The second kappa shape index (κ2) is 8.15. The van der Waals surface area contributed by atoms with Gasteiger partial charge in [-0.1, -0.05) is 46.0 Å². The predicted octanol–water partition coefficient (Wildman–Crippen LogP) is 4.55. The van der Waals surface area contributed by atoms with Gasteiger partial charge in [0.25, 0.3) is 0 Å². The van der Waals surface area contributed by atoms with Crippen molar-refractivity contribution in [3.63, 3.8) is 0 Å². The molecule has 0 radical (unpaired) electrons. The molecule has 1 saturated heterocycles. The molecule has 15 heavy (non-hydrogen) atoms. The molecule has 0 amide bonds. The van der Waals surface area contributed by atoms with Crippen LogP contribution in [0, 0.1) is 5.92 Å². The third-order valence-corrected chi connectivity index (χ3v) is 3.33. The Bertz CT molecular complexity index is 136. The first kappa shape index (κ1) is 13.0. The van der Waals surface area contributed by atoms with Crippen molar-refractivity contribution in [3.05, 3.63) is 0 Å². The van der Waals surface area contributed by atoms with E-state index in [9.17, 15) is 0 Å². The van der Waals surface area contributed by atoms with E-state index in [1.165, 1.54) is 57.8 Å². The average Bonchev–Trinajstić information content (AvgIpc) is 2.24. The molecule has 0 aromatic rings. The van der Waals surface area contributed by atoms with E-state index in [1.807, 2.05) is 0 Å². The van der Waals surface area contributed by atoms with Gasteiger partial charge in [0.15, 0.2) is 0 Å². The standard InChI is InChI=1S/C14H28O/c1-13(2)9-5-3-4-6-10-14-11-7-8-12-15-14/h13-14H,3-12H2,1-2H3. The number of unbranched alkanes of at least 4 members (excludes halogenated alkanes) is 3. The van der Waals surface area contributed by atoms with Crippen molar-refractivity contribution in [2.24, 2.45) is 5.92 Å². The van der Waals surface area contributed by atoms with Crippen molar-refractivity contribution in [3.8, 4) is 0 Å². The highest BCUT2D eigenvalue weighted by Gasteiger charge is 2.12. The van der Waals surface area contributed by atoms with E-state index >= 15 is 0 Å². The quantitative estimate of drug-likeness (QED) is 0.562. The molecule has 0 spiro atoms. The van der Waals surface area contributed by atoms with Crippen LogP contribution in [0.5, 0.6) is 0 Å². The van der Waals surface area contributed by atoms with E-state index in [1.54, 1.807) is 0 Å². The van der Waals surface area contributed by atoms with E-state index in [0.717, 1.165) is 12.5 Å². The Morgan fingerprint density at radius 3 is 2.53 bits per heavy atom. The molecule has 1 atom stereocenters. The first-order valence-electron chi connectivity index (χ1n) is 6.90. The van der Waals surface area contributed by atoms with Crippen LogP contribution in [0.2, 0.25) is 0 Å². The van der Waals surface area contributed by atoms with Gasteiger partial charge in [0.1, 0.15) is 0 Å². The Morgan fingerprint density at radius 1 is 1.07 bits per heavy atom. The van der Waals surface area contributed by atoms with Crippen molar-refractivity contribution >= 4 is 0 Å². The van der Waals surface area contributed by atoms with Gasteiger partial charge in [0.05, 0.1) is 6.10 Å². The van der Waals surface area contributed by atoms with Gasteiger partial charge in [0.2, 0.25) is 0 Å². The first-order valence-corrected chi connectivity index (χ1v) is 6.90. The Balaban J connectivity index is 1.83. The fraction of sp³-hybridized carbons (Fsp3) is 1.00. The molecule has 1 heteroatoms. The van der Waals surface area contributed by atoms with E-state index in [-0.39, 0.29) is 0 Å². The van der Waals surface area contributed by atoms with Gasteiger partial charge in [-0.25, -0.2) is 0 Å². The zero-order valence-corrected chi connectivity index (χ0v) is 10.6. The zero-order valence-electron chi connectivity index (χ0n) is 10.6. The van der Waals surface area contributed by atoms with Crippen LogP contribution in [0.1, 0.15) is 71.6 Å². The van der Waals surface area contributed by atoms with Crippen LogP contribution in [0.25, 0.3) is 0 Å². The Hall–Kier alpha value is -0.0400. The number of ether oxygens (including phenoxy) is 1. The van der Waals surface area contributed by atoms with Crippen LogP contribution < -0.4 is 0 Å². The maximum atomic E-state index is 5.72. The maximum Gasteiger partial charge on any atom is 0.0575 e. The zero-order chi connectivity index (χ0) is 10.9. The van der Waals surface area contributed by atoms with Crippen LogP contribution in [0.4, 0.5) is 0 Å². The molecular weight excluding hydrogens is 184 g/mol. The Labute approximate surface area is 95.6 Å². The fourth-order valence-corrected chi connectivity index (χ4v) is 2.31. The summed E-state index contributed by atoms with van der Waals surface area (Å²) in [7, 11) is 0. The molecule has 0 aliphatic carbocycles. The summed E-state index contributed by atoms with van der Waals surface area (Å²) in [6, 6.07) is 0. The average molecular weight is 212 g/mol. The molecule has 1 aliphatic rings. The Morgan fingerprint density at radius 2 is 1.87 bits per heavy atom. The lowest BCUT2D eigenvalue weighted by Gasteiger charge is -2.22. The predicted molar refractivity (Wildman–Crippen MR) is 66.1 cm³/mol. The van der Waals surface area contributed by atoms with E-state index in [4.69, 9.17) is 4.74 Å². The Kier molecular flexibility index (Phi) is 7.08. The van der Waals surface area contributed by atoms with Crippen LogP contribution >= 0.6 is 0 Å². The smallest absolute Gasteiger partial charge is 0.0575 e. The molecule has 1 unspecified atom stereocenters. The van der Waals surface area contributed by atoms with E-state index in [2.05, 4.69) is 13.8 Å². The highest BCUT2D eigenvalue weighted by molar-refractivity contribution is 4.63. The second-order valence-electron chi connectivity index (χ2n) is 5.37. The molecule has 1 aliphatic heterocycles. The van der Waals surface area contributed by atoms with Gasteiger partial charge in [-0.15, -0.1) is 0 Å². The minimum Gasteiger partial charge on any atom is -0.378 e. The highest BCUT2D eigenvalue weighted by atomic mass is 16.5. The van der Waals surface area contributed by atoms with Crippen molar-refractivity contribution < 1.29 is 4.74 Å². The van der Waals surface area contributed by atoms with Gasteiger partial charge >= 0.3 is 0 Å². The van der Waals surface area contributed by atoms with Crippen LogP contribution in [0.3, 0.4) is 0 Å². The summed E-state index contributed by atoms with van der Waals surface area (Å²) in [6.45, 7) is 5.64. The number of hydrogen-bond acceptors (Lipinski definition) is 1. The second-order valence-corrected chi connectivity index (χ2v) is 5.37. The van der Waals surface area contributed by atoms with Gasteiger partial charge in [-0.3, -0.25) is 0 Å². The fourth-order valence-electron chi connectivity index (χ4n) is 2.31. The topological polar surface area (TPSA) is 9.23 Å². The molecule has 1 fully saturated rings. The molecule has 0 aromatic carbocycles. The third-order valence-electron chi connectivity index (χ3n) is 3.33. The van der Waals surface area contributed by atoms with Gasteiger partial charge in [-0.2, -0.15) is 0 Å². The van der Waals surface area contributed by atoms with Crippen molar-refractivity contribution in [2.75, 3.05) is 6.61 Å². The highest BCUT2D eigenvalue weighted by Crippen LogP contribution is 2.19. The van der Waals surface area contributed by atoms with Crippen LogP contribution in [-0.2, 0) is 4.74 Å². The van der Waals surface area contributed by atoms with Crippen LogP contribution in [0.15, 0.2) is 0 Å². The normalized spacial score (nSPS) is 22.2. The molecule has 0 aromatic heterocycles. The molecule has 0 saturated carbocycles. The molecule has 1 nitrogen and oxygen atoms in total. The maximum absolute atomic E-state index is 5.72. The summed E-state index contributed by atoms with van der Waals surface area (Å²) in [5.74, 6) is 0.881. The molecule has 0 N–H and O–H groups in total. The minimum atomic E-state index is 0.601. The summed E-state index contributed by atoms with van der Waals surface area (Å²) >= 11 is 0. The molecular formula is C14H28O. The largest absolute Gasteiger partial charge is 0.378 e. The summed E-state index contributed by atoms with van der Waals surface area (Å²) < 4.78 is 5.72. The van der Waals surface area contributed by atoms with Crippen LogP contribution in [-0.4, -0.2) is 12.7 Å². The van der Waals surface area contributed by atoms with E-state index in [0.29, 0.717) is 6.10 Å².